The van der Waals surface area contributed by atoms with Crippen LogP contribution in [0.2, 0.25) is 0 Å². The quantitative estimate of drug-likeness (QED) is 0.434. The number of hydrogen-bond donors (Lipinski definition) is 0. The molecule has 136 valence electrons. The molecule has 0 amide bonds. The first-order valence-electron chi connectivity index (χ1n) is 8.40. The van der Waals surface area contributed by atoms with Crippen molar-refractivity contribution in [1.29, 1.82) is 0 Å². The Kier molecular flexibility index (Phi) is 5.15. The van der Waals surface area contributed by atoms with Gasteiger partial charge in [-0.1, -0.05) is 42.1 Å². The van der Waals surface area contributed by atoms with Crippen molar-refractivity contribution in [3.05, 3.63) is 60.5 Å². The van der Waals surface area contributed by atoms with Crippen molar-refractivity contribution in [3.63, 3.8) is 0 Å². The zero-order valence-corrected chi connectivity index (χ0v) is 15.3. The summed E-state index contributed by atoms with van der Waals surface area (Å²) in [4.78, 5) is 0. The van der Waals surface area contributed by atoms with Crippen molar-refractivity contribution in [3.8, 4) is 28.7 Å². The normalized spacial score (nSPS) is 10.9. The minimum absolute atomic E-state index is 0.414. The molecule has 0 atom stereocenters. The largest absolute Gasteiger partial charge is 0.493 e. The van der Waals surface area contributed by atoms with E-state index in [0.717, 1.165) is 11.1 Å². The highest BCUT2D eigenvalue weighted by molar-refractivity contribution is 7.98. The Morgan fingerprint density at radius 3 is 2.48 bits per heavy atom. The van der Waals surface area contributed by atoms with Gasteiger partial charge in [0.2, 0.25) is 11.8 Å². The first kappa shape index (κ1) is 17.3. The van der Waals surface area contributed by atoms with Gasteiger partial charge in [0.15, 0.2) is 0 Å². The van der Waals surface area contributed by atoms with E-state index in [4.69, 9.17) is 13.6 Å². The van der Waals surface area contributed by atoms with Crippen LogP contribution in [0, 0.1) is 0 Å². The van der Waals surface area contributed by atoms with Gasteiger partial charge in [-0.25, -0.2) is 0 Å². The number of thioether (sulfide) groups is 1. The zero-order chi connectivity index (χ0) is 18.5. The Hall–Kier alpha value is -3.13. The third-order valence-electron chi connectivity index (χ3n) is 3.63. The molecule has 0 aliphatic rings. The molecule has 0 N–H and O–H groups in total. The smallest absolute Gasteiger partial charge is 0.277 e. The average molecular weight is 380 g/mol. The van der Waals surface area contributed by atoms with E-state index >= 15 is 0 Å². The van der Waals surface area contributed by atoms with E-state index in [1.807, 2.05) is 61.5 Å². The lowest BCUT2D eigenvalue weighted by atomic mass is 10.2. The molecule has 4 aromatic rings. The van der Waals surface area contributed by atoms with Crippen LogP contribution < -0.4 is 4.74 Å². The molecule has 0 fully saturated rings. The molecule has 0 bridgehead atoms. The maximum absolute atomic E-state index is 5.74. The summed E-state index contributed by atoms with van der Waals surface area (Å²) in [6.45, 7) is 2.49. The van der Waals surface area contributed by atoms with Gasteiger partial charge in [0.1, 0.15) is 5.75 Å². The summed E-state index contributed by atoms with van der Waals surface area (Å²) in [5, 5.41) is 16.7. The topological polar surface area (TPSA) is 87.1 Å². The molecule has 8 heteroatoms. The van der Waals surface area contributed by atoms with Crippen molar-refractivity contribution in [1.82, 2.24) is 20.4 Å². The molecule has 27 heavy (non-hydrogen) atoms. The molecule has 0 unspecified atom stereocenters. The molecule has 4 rings (SSSR count). The molecule has 0 radical (unpaired) electrons. The van der Waals surface area contributed by atoms with Crippen molar-refractivity contribution in [2.24, 2.45) is 0 Å². The second kappa shape index (κ2) is 8.05. The number of hydrogen-bond acceptors (Lipinski definition) is 8. The molecule has 2 aromatic heterocycles. The highest BCUT2D eigenvalue weighted by atomic mass is 32.2. The van der Waals surface area contributed by atoms with Crippen LogP contribution in [0.3, 0.4) is 0 Å². The summed E-state index contributed by atoms with van der Waals surface area (Å²) < 4.78 is 17.0. The van der Waals surface area contributed by atoms with Gasteiger partial charge < -0.3 is 13.6 Å². The van der Waals surface area contributed by atoms with Crippen LogP contribution in [0.5, 0.6) is 5.75 Å². The fourth-order valence-corrected chi connectivity index (χ4v) is 3.03. The van der Waals surface area contributed by atoms with Gasteiger partial charge in [0.25, 0.3) is 11.1 Å². The first-order valence-corrected chi connectivity index (χ1v) is 9.38. The number of nitrogens with zero attached hydrogens (tertiary/aromatic N) is 4. The van der Waals surface area contributed by atoms with Crippen LogP contribution >= 0.6 is 11.8 Å². The molecule has 0 aliphatic carbocycles. The molecule has 7 nitrogen and oxygen atoms in total. The SMILES string of the molecule is CCOc1ccccc1-c1nnc(SCc2nnc(-c3ccccc3)o2)o1. The number of benzene rings is 2. The fourth-order valence-electron chi connectivity index (χ4n) is 2.43. The second-order valence-corrected chi connectivity index (χ2v) is 6.38. The molecular formula is C19H16N4O3S. The van der Waals surface area contributed by atoms with Crippen LogP contribution in [0.1, 0.15) is 12.8 Å². The Labute approximate surface area is 159 Å². The summed E-state index contributed by atoms with van der Waals surface area (Å²) >= 11 is 1.34. The van der Waals surface area contributed by atoms with Crippen molar-refractivity contribution in [2.75, 3.05) is 6.61 Å². The summed E-state index contributed by atoms with van der Waals surface area (Å²) in [5.41, 5.74) is 1.65. The standard InChI is InChI=1S/C19H16N4O3S/c1-2-24-15-11-7-6-10-14(15)18-22-23-19(26-18)27-12-16-20-21-17(25-16)13-8-4-3-5-9-13/h3-11H,2,12H2,1H3. The molecule has 0 aliphatic heterocycles. The summed E-state index contributed by atoms with van der Waals surface area (Å²) in [6.07, 6.45) is 0. The summed E-state index contributed by atoms with van der Waals surface area (Å²) in [6, 6.07) is 17.2. The number of para-hydroxylation sites is 1. The van der Waals surface area contributed by atoms with E-state index < -0.39 is 0 Å². The van der Waals surface area contributed by atoms with Crippen molar-refractivity contribution < 1.29 is 13.6 Å². The lowest BCUT2D eigenvalue weighted by Gasteiger charge is -2.05. The van der Waals surface area contributed by atoms with Crippen LogP contribution in [-0.4, -0.2) is 27.0 Å². The van der Waals surface area contributed by atoms with E-state index in [0.29, 0.717) is 41.0 Å². The Balaban J connectivity index is 1.44. The van der Waals surface area contributed by atoms with Crippen molar-refractivity contribution in [2.45, 2.75) is 17.9 Å². The van der Waals surface area contributed by atoms with Crippen LogP contribution in [-0.2, 0) is 5.75 Å². The Bertz CT molecular complexity index is 1020. The molecule has 0 saturated heterocycles. The van der Waals surface area contributed by atoms with Crippen molar-refractivity contribution >= 4 is 11.8 Å². The predicted molar refractivity (Wildman–Crippen MR) is 100 cm³/mol. The van der Waals surface area contributed by atoms with Gasteiger partial charge in [-0.05, 0) is 31.2 Å². The molecular weight excluding hydrogens is 364 g/mol. The van der Waals surface area contributed by atoms with Crippen LogP contribution in [0.15, 0.2) is 68.7 Å². The second-order valence-electron chi connectivity index (χ2n) is 5.46. The van der Waals surface area contributed by atoms with Gasteiger partial charge in [0, 0.05) is 5.56 Å². The number of aromatic nitrogens is 4. The molecule has 2 aromatic carbocycles. The van der Waals surface area contributed by atoms with Gasteiger partial charge in [-0.2, -0.15) is 0 Å². The summed E-state index contributed by atoms with van der Waals surface area (Å²) in [5.74, 6) is 2.55. The lowest BCUT2D eigenvalue weighted by molar-refractivity contribution is 0.340. The lowest BCUT2D eigenvalue weighted by Crippen LogP contribution is -1.93. The van der Waals surface area contributed by atoms with E-state index in [9.17, 15) is 0 Å². The fraction of sp³-hybridized carbons (Fsp3) is 0.158. The summed E-state index contributed by atoms with van der Waals surface area (Å²) in [7, 11) is 0. The minimum atomic E-state index is 0.414. The van der Waals surface area contributed by atoms with E-state index in [1.54, 1.807) is 0 Å². The minimum Gasteiger partial charge on any atom is -0.493 e. The van der Waals surface area contributed by atoms with Gasteiger partial charge in [0.05, 0.1) is 17.9 Å². The zero-order valence-electron chi connectivity index (χ0n) is 14.5. The Morgan fingerprint density at radius 1 is 0.852 bits per heavy atom. The highest BCUT2D eigenvalue weighted by Gasteiger charge is 2.15. The maximum atomic E-state index is 5.74. The predicted octanol–water partition coefficient (Wildman–Crippen LogP) is 4.48. The van der Waals surface area contributed by atoms with Gasteiger partial charge in [-0.15, -0.1) is 20.4 Å². The van der Waals surface area contributed by atoms with Gasteiger partial charge in [-0.3, -0.25) is 0 Å². The van der Waals surface area contributed by atoms with E-state index in [-0.39, 0.29) is 0 Å². The van der Waals surface area contributed by atoms with Crippen LogP contribution in [0.4, 0.5) is 0 Å². The van der Waals surface area contributed by atoms with E-state index in [2.05, 4.69) is 20.4 Å². The van der Waals surface area contributed by atoms with E-state index in [1.165, 1.54) is 11.8 Å². The number of ether oxygens (including phenoxy) is 1. The molecule has 0 saturated carbocycles. The third-order valence-corrected chi connectivity index (χ3v) is 4.43. The van der Waals surface area contributed by atoms with Crippen LogP contribution in [0.25, 0.3) is 22.9 Å². The van der Waals surface area contributed by atoms with Gasteiger partial charge >= 0.3 is 0 Å². The molecule has 2 heterocycles. The Morgan fingerprint density at radius 2 is 1.63 bits per heavy atom. The first-order chi connectivity index (χ1) is 13.3. The maximum Gasteiger partial charge on any atom is 0.277 e. The number of rotatable bonds is 7. The average Bonchev–Trinajstić information content (AvgIpc) is 3.37. The highest BCUT2D eigenvalue weighted by Crippen LogP contribution is 2.31. The monoisotopic (exact) mass is 380 g/mol. The molecule has 0 spiro atoms. The third kappa shape index (κ3) is 4.01.